The molecular formula is C9H8F3NO5S. The minimum atomic E-state index is -5.65. The molecule has 0 radical (unpaired) electrons. The molecule has 1 aromatic rings. The van der Waals surface area contributed by atoms with Crippen LogP contribution in [-0.2, 0) is 10.0 Å². The molecule has 0 saturated carbocycles. The Balaban J connectivity index is 3.26. The summed E-state index contributed by atoms with van der Waals surface area (Å²) < 4.78 is 64.4. The summed E-state index contributed by atoms with van der Waals surface area (Å²) in [6.07, 6.45) is 0. The van der Waals surface area contributed by atoms with E-state index in [1.54, 1.807) is 0 Å². The molecule has 0 bridgehead atoms. The van der Waals surface area contributed by atoms with Crippen molar-refractivity contribution in [3.63, 3.8) is 0 Å². The highest BCUT2D eigenvalue weighted by Gasteiger charge is 2.46. The van der Waals surface area contributed by atoms with E-state index in [9.17, 15) is 26.4 Å². The maximum Gasteiger partial charge on any atom is 0.516 e. The Hall–Kier alpha value is -1.97. The van der Waals surface area contributed by atoms with Crippen molar-refractivity contribution in [3.05, 3.63) is 23.8 Å². The summed E-state index contributed by atoms with van der Waals surface area (Å²) >= 11 is 0. The van der Waals surface area contributed by atoms with Gasteiger partial charge in [0.05, 0.1) is 18.4 Å². The number of carboxylic acids is 1. The van der Waals surface area contributed by atoms with Crippen molar-refractivity contribution < 1.29 is 36.2 Å². The Kier molecular flexibility index (Phi) is 3.94. The van der Waals surface area contributed by atoms with Gasteiger partial charge in [0.15, 0.2) is 0 Å². The lowest BCUT2D eigenvalue weighted by molar-refractivity contribution is -0.0429. The van der Waals surface area contributed by atoms with Crippen molar-refractivity contribution in [2.45, 2.75) is 5.51 Å². The molecule has 0 atom stereocenters. The van der Waals surface area contributed by atoms with Gasteiger partial charge in [-0.15, -0.1) is 0 Å². The highest BCUT2D eigenvalue weighted by atomic mass is 32.2. The lowest BCUT2D eigenvalue weighted by atomic mass is 10.2. The van der Waals surface area contributed by atoms with Crippen molar-refractivity contribution in [3.8, 4) is 5.75 Å². The van der Waals surface area contributed by atoms with Crippen LogP contribution in [0.15, 0.2) is 18.2 Å². The summed E-state index contributed by atoms with van der Waals surface area (Å²) in [5.74, 6) is -1.66. The summed E-state index contributed by atoms with van der Waals surface area (Å²) in [4.78, 5) is 10.7. The van der Waals surface area contributed by atoms with Gasteiger partial charge in [0.2, 0.25) is 0 Å². The third-order valence-corrected chi connectivity index (χ3v) is 3.09. The summed E-state index contributed by atoms with van der Waals surface area (Å²) in [6.45, 7) is 0. The fourth-order valence-corrected chi connectivity index (χ4v) is 1.69. The second-order valence-corrected chi connectivity index (χ2v) is 4.95. The van der Waals surface area contributed by atoms with Gasteiger partial charge in [-0.3, -0.25) is 4.72 Å². The normalized spacial score (nSPS) is 12.0. The topological polar surface area (TPSA) is 92.7 Å². The third kappa shape index (κ3) is 3.28. The number of hydrogen-bond acceptors (Lipinski definition) is 4. The molecule has 0 amide bonds. The van der Waals surface area contributed by atoms with Crippen molar-refractivity contribution in [2.24, 2.45) is 0 Å². The zero-order valence-corrected chi connectivity index (χ0v) is 10.2. The number of methoxy groups -OCH3 is 1. The van der Waals surface area contributed by atoms with Crippen LogP contribution in [0.2, 0.25) is 0 Å². The molecular weight excluding hydrogens is 291 g/mol. The van der Waals surface area contributed by atoms with Crippen molar-refractivity contribution in [1.29, 1.82) is 0 Å². The maximum atomic E-state index is 12.2. The average molecular weight is 299 g/mol. The summed E-state index contributed by atoms with van der Waals surface area (Å²) in [6, 6.07) is 2.83. The first-order valence-electron chi connectivity index (χ1n) is 4.59. The number of benzene rings is 1. The molecule has 0 aliphatic carbocycles. The number of nitrogens with one attached hydrogen (secondary N) is 1. The molecule has 1 aromatic carbocycles. The predicted octanol–water partition coefficient (Wildman–Crippen LogP) is 1.65. The van der Waals surface area contributed by atoms with E-state index < -0.39 is 27.2 Å². The molecule has 10 heteroatoms. The fourth-order valence-electron chi connectivity index (χ4n) is 1.12. The number of carbonyl (C=O) groups is 1. The molecule has 0 fully saturated rings. The number of hydrogen-bond donors (Lipinski definition) is 2. The highest BCUT2D eigenvalue weighted by Crippen LogP contribution is 2.31. The van der Waals surface area contributed by atoms with Crippen LogP contribution in [0.1, 0.15) is 10.4 Å². The molecule has 2 N–H and O–H groups in total. The zero-order valence-electron chi connectivity index (χ0n) is 9.35. The maximum absolute atomic E-state index is 12.2. The zero-order chi connectivity index (χ0) is 14.8. The number of alkyl halides is 3. The molecule has 0 spiro atoms. The largest absolute Gasteiger partial charge is 0.516 e. The molecule has 0 aliphatic heterocycles. The van der Waals surface area contributed by atoms with Gasteiger partial charge in [-0.2, -0.15) is 21.6 Å². The van der Waals surface area contributed by atoms with Crippen LogP contribution in [0.4, 0.5) is 18.9 Å². The average Bonchev–Trinajstić information content (AvgIpc) is 2.26. The van der Waals surface area contributed by atoms with Gasteiger partial charge in [-0.05, 0) is 18.2 Å². The van der Waals surface area contributed by atoms with Gasteiger partial charge in [0.25, 0.3) is 0 Å². The van der Waals surface area contributed by atoms with Crippen LogP contribution in [0.5, 0.6) is 5.75 Å². The standard InChI is InChI=1S/C9H8F3NO5S/c1-18-7-3-2-5(8(14)15)4-6(7)13-19(16,17)9(10,11)12/h2-4,13H,1H3,(H,14,15). The molecule has 0 heterocycles. The number of rotatable bonds is 4. The molecule has 6 nitrogen and oxygen atoms in total. The van der Waals surface area contributed by atoms with Crippen LogP contribution in [0.25, 0.3) is 0 Å². The summed E-state index contributed by atoms with van der Waals surface area (Å²) in [5, 5.41) is 8.69. The second-order valence-electron chi connectivity index (χ2n) is 3.27. The van der Waals surface area contributed by atoms with Crippen molar-refractivity contribution >= 4 is 21.7 Å². The Labute approximate surface area is 105 Å². The van der Waals surface area contributed by atoms with E-state index in [2.05, 4.69) is 4.74 Å². The first kappa shape index (κ1) is 15.1. The van der Waals surface area contributed by atoms with E-state index in [1.807, 2.05) is 0 Å². The van der Waals surface area contributed by atoms with E-state index in [1.165, 1.54) is 4.72 Å². The van der Waals surface area contributed by atoms with Gasteiger partial charge in [-0.1, -0.05) is 0 Å². The van der Waals surface area contributed by atoms with Crippen LogP contribution < -0.4 is 9.46 Å². The Morgan fingerprint density at radius 1 is 1.37 bits per heavy atom. The number of aromatic carboxylic acids is 1. The number of anilines is 1. The number of ether oxygens (including phenoxy) is 1. The van der Waals surface area contributed by atoms with Crippen molar-refractivity contribution in [2.75, 3.05) is 11.8 Å². The Morgan fingerprint density at radius 3 is 2.37 bits per heavy atom. The van der Waals surface area contributed by atoms with Gasteiger partial charge in [-0.25, -0.2) is 4.79 Å². The van der Waals surface area contributed by atoms with E-state index >= 15 is 0 Å². The highest BCUT2D eigenvalue weighted by molar-refractivity contribution is 7.93. The van der Waals surface area contributed by atoms with Crippen LogP contribution in [-0.4, -0.2) is 32.1 Å². The molecule has 0 aliphatic rings. The Bertz CT molecular complexity index is 596. The van der Waals surface area contributed by atoms with Crippen LogP contribution in [0.3, 0.4) is 0 Å². The van der Waals surface area contributed by atoms with Gasteiger partial charge < -0.3 is 9.84 Å². The molecule has 1 rings (SSSR count). The lowest BCUT2D eigenvalue weighted by Gasteiger charge is -2.13. The van der Waals surface area contributed by atoms with Gasteiger partial charge >= 0.3 is 21.5 Å². The third-order valence-electron chi connectivity index (χ3n) is 2.00. The van der Waals surface area contributed by atoms with Gasteiger partial charge in [0.1, 0.15) is 5.75 Å². The number of halogens is 3. The van der Waals surface area contributed by atoms with E-state index in [0.717, 1.165) is 25.3 Å². The van der Waals surface area contributed by atoms with E-state index in [0.29, 0.717) is 0 Å². The first-order valence-corrected chi connectivity index (χ1v) is 6.07. The van der Waals surface area contributed by atoms with Crippen LogP contribution >= 0.6 is 0 Å². The predicted molar refractivity (Wildman–Crippen MR) is 58.6 cm³/mol. The molecule has 106 valence electrons. The first-order chi connectivity index (χ1) is 8.58. The molecule has 19 heavy (non-hydrogen) atoms. The van der Waals surface area contributed by atoms with E-state index in [4.69, 9.17) is 5.11 Å². The minimum Gasteiger partial charge on any atom is -0.495 e. The molecule has 0 saturated heterocycles. The monoisotopic (exact) mass is 299 g/mol. The van der Waals surface area contributed by atoms with Crippen molar-refractivity contribution in [1.82, 2.24) is 0 Å². The van der Waals surface area contributed by atoms with Crippen LogP contribution in [0, 0.1) is 0 Å². The summed E-state index contributed by atoms with van der Waals surface area (Å²) in [5.41, 5.74) is -6.52. The Morgan fingerprint density at radius 2 is 1.95 bits per heavy atom. The number of sulfonamides is 1. The minimum absolute atomic E-state index is 0.238. The molecule has 0 unspecified atom stereocenters. The fraction of sp³-hybridized carbons (Fsp3) is 0.222. The lowest BCUT2D eigenvalue weighted by Crippen LogP contribution is -2.30. The number of carboxylic acid groups (broad SMARTS) is 1. The quantitative estimate of drug-likeness (QED) is 0.882. The van der Waals surface area contributed by atoms with E-state index in [-0.39, 0.29) is 11.3 Å². The molecule has 0 aromatic heterocycles. The smallest absolute Gasteiger partial charge is 0.495 e. The SMILES string of the molecule is COc1ccc(C(=O)O)cc1NS(=O)(=O)C(F)(F)F. The summed E-state index contributed by atoms with van der Waals surface area (Å²) in [7, 11) is -4.55. The second kappa shape index (κ2) is 4.96. The van der Waals surface area contributed by atoms with Gasteiger partial charge in [0, 0.05) is 0 Å².